The number of carboxylic acid groups (broad SMARTS) is 1. The summed E-state index contributed by atoms with van der Waals surface area (Å²) in [7, 11) is 0. The number of epoxide rings is 1. The quantitative estimate of drug-likeness (QED) is 0.539. The smallest absolute Gasteiger partial charge is 0.327 e. The Labute approximate surface area is 177 Å². The molecule has 0 aromatic heterocycles. The van der Waals surface area contributed by atoms with Gasteiger partial charge in [0.25, 0.3) is 5.91 Å². The van der Waals surface area contributed by atoms with Gasteiger partial charge in [-0.2, -0.15) is 0 Å². The lowest BCUT2D eigenvalue weighted by Gasteiger charge is -2.43. The molecule has 2 unspecified atom stereocenters. The summed E-state index contributed by atoms with van der Waals surface area (Å²) in [6.45, 7) is 5.85. The van der Waals surface area contributed by atoms with Crippen molar-refractivity contribution in [2.24, 2.45) is 0 Å². The first-order valence-corrected chi connectivity index (χ1v) is 10.8. The van der Waals surface area contributed by atoms with E-state index in [9.17, 15) is 19.5 Å². The standard InChI is InChI=1S/C21H22N2O6S/c1-4-28-14-11(9-7-5-6-8-10(9)13-15(14)29-13)17(24)22-12-18(25)23-16(20(26)27)21(2,3)30-19(12)23/h5-8,12-13,15-16,19H,4H2,1-3H3,(H,22,24)(H,26,27)/t12-,13?,15?,16+,19-/m1/s1. The summed E-state index contributed by atoms with van der Waals surface area (Å²) < 4.78 is 10.9. The number of carboxylic acids is 1. The fourth-order valence-electron chi connectivity index (χ4n) is 4.70. The van der Waals surface area contributed by atoms with E-state index in [1.54, 1.807) is 13.8 Å². The number of hydrogen-bond acceptors (Lipinski definition) is 6. The highest BCUT2D eigenvalue weighted by Crippen LogP contribution is 2.53. The molecule has 0 saturated carbocycles. The molecule has 1 aromatic rings. The number of rotatable bonds is 5. The topological polar surface area (TPSA) is 108 Å². The second-order valence-electron chi connectivity index (χ2n) is 8.29. The molecule has 158 valence electrons. The van der Waals surface area contributed by atoms with Gasteiger partial charge in [0.15, 0.2) is 0 Å². The zero-order chi connectivity index (χ0) is 21.4. The summed E-state index contributed by atoms with van der Waals surface area (Å²) in [4.78, 5) is 39.1. The predicted octanol–water partition coefficient (Wildman–Crippen LogP) is 1.52. The van der Waals surface area contributed by atoms with Crippen LogP contribution in [0.15, 0.2) is 30.0 Å². The molecule has 8 nitrogen and oxygen atoms in total. The van der Waals surface area contributed by atoms with E-state index in [2.05, 4.69) is 5.32 Å². The molecule has 30 heavy (non-hydrogen) atoms. The zero-order valence-electron chi connectivity index (χ0n) is 16.7. The lowest BCUT2D eigenvalue weighted by molar-refractivity contribution is -0.160. The van der Waals surface area contributed by atoms with Crippen molar-refractivity contribution in [2.45, 2.75) is 55.2 Å². The van der Waals surface area contributed by atoms with Crippen LogP contribution in [0, 0.1) is 0 Å². The average molecular weight is 430 g/mol. The highest BCUT2D eigenvalue weighted by atomic mass is 32.2. The minimum atomic E-state index is -1.03. The summed E-state index contributed by atoms with van der Waals surface area (Å²) in [6, 6.07) is 5.84. The van der Waals surface area contributed by atoms with Crippen molar-refractivity contribution in [3.8, 4) is 0 Å². The number of carbonyl (C=O) groups excluding carboxylic acids is 2. The largest absolute Gasteiger partial charge is 0.494 e. The van der Waals surface area contributed by atoms with Gasteiger partial charge in [-0.15, -0.1) is 11.8 Å². The molecule has 1 aliphatic carbocycles. The fraction of sp³-hybridized carbons (Fsp3) is 0.476. The molecule has 5 atom stereocenters. The van der Waals surface area contributed by atoms with Gasteiger partial charge < -0.3 is 24.8 Å². The molecule has 1 aromatic carbocycles. The number of aliphatic carboxylic acids is 1. The molecule has 9 heteroatoms. The molecule has 0 spiro atoms. The normalized spacial score (nSPS) is 32.6. The molecule has 3 aliphatic heterocycles. The number of β-lactam (4-membered cyclic amide) rings is 1. The Hall–Kier alpha value is -2.52. The van der Waals surface area contributed by atoms with Crippen LogP contribution in [0.5, 0.6) is 0 Å². The number of carbonyl (C=O) groups is 3. The van der Waals surface area contributed by atoms with Gasteiger partial charge in [0.05, 0.1) is 12.2 Å². The first-order valence-electron chi connectivity index (χ1n) is 9.91. The van der Waals surface area contributed by atoms with Gasteiger partial charge in [0, 0.05) is 4.75 Å². The van der Waals surface area contributed by atoms with Crippen molar-refractivity contribution < 1.29 is 29.0 Å². The SMILES string of the molecule is CCOC1=C(C(=O)N[C@@H]2C(=O)N3[C@@H]2SC(C)(C)[C@@H]3C(=O)O)c2ccccc2C2OC12. The van der Waals surface area contributed by atoms with E-state index in [1.165, 1.54) is 16.7 Å². The Bertz CT molecular complexity index is 1000. The van der Waals surface area contributed by atoms with E-state index >= 15 is 0 Å². The first-order chi connectivity index (χ1) is 14.3. The minimum Gasteiger partial charge on any atom is -0.494 e. The van der Waals surface area contributed by atoms with Gasteiger partial charge in [0.2, 0.25) is 5.91 Å². The van der Waals surface area contributed by atoms with Crippen LogP contribution in [0.3, 0.4) is 0 Å². The molecular weight excluding hydrogens is 408 g/mol. The summed E-state index contributed by atoms with van der Waals surface area (Å²) in [5, 5.41) is 12.0. The maximum atomic E-state index is 13.3. The average Bonchev–Trinajstić information content (AvgIpc) is 3.45. The van der Waals surface area contributed by atoms with Crippen molar-refractivity contribution in [3.05, 3.63) is 41.2 Å². The molecular formula is C21H22N2O6S. The molecule has 2 amide bonds. The second-order valence-corrected chi connectivity index (χ2v) is 10.1. The molecule has 2 N–H and O–H groups in total. The highest BCUT2D eigenvalue weighted by Gasteiger charge is 2.64. The summed E-state index contributed by atoms with van der Waals surface area (Å²) in [5.74, 6) is -1.32. The van der Waals surface area contributed by atoms with Gasteiger partial charge in [-0.3, -0.25) is 9.59 Å². The third kappa shape index (κ3) is 2.61. The molecule has 5 rings (SSSR count). The zero-order valence-corrected chi connectivity index (χ0v) is 17.6. The molecule has 0 radical (unpaired) electrons. The van der Waals surface area contributed by atoms with E-state index in [-0.39, 0.29) is 18.1 Å². The maximum Gasteiger partial charge on any atom is 0.327 e. The number of nitrogens with one attached hydrogen (secondary N) is 1. The van der Waals surface area contributed by atoms with Crippen molar-refractivity contribution >= 4 is 35.1 Å². The molecule has 3 saturated heterocycles. The van der Waals surface area contributed by atoms with E-state index in [0.29, 0.717) is 17.9 Å². The molecule has 3 fully saturated rings. The fourth-order valence-corrected chi connectivity index (χ4v) is 6.32. The van der Waals surface area contributed by atoms with Crippen LogP contribution in [0.25, 0.3) is 5.57 Å². The van der Waals surface area contributed by atoms with E-state index < -0.39 is 34.1 Å². The Morgan fingerprint density at radius 3 is 2.73 bits per heavy atom. The third-order valence-corrected chi connectivity index (χ3v) is 7.59. The summed E-state index contributed by atoms with van der Waals surface area (Å²) >= 11 is 1.40. The Morgan fingerprint density at radius 1 is 1.30 bits per heavy atom. The number of ether oxygens (including phenoxy) is 2. The van der Waals surface area contributed by atoms with Crippen LogP contribution in [0.4, 0.5) is 0 Å². The van der Waals surface area contributed by atoms with Crippen LogP contribution in [0.2, 0.25) is 0 Å². The van der Waals surface area contributed by atoms with Crippen molar-refractivity contribution in [3.63, 3.8) is 0 Å². The van der Waals surface area contributed by atoms with Crippen LogP contribution in [-0.4, -0.2) is 62.7 Å². The number of fused-ring (bicyclic) bond motifs is 4. The summed E-state index contributed by atoms with van der Waals surface area (Å²) in [6.07, 6.45) is -0.395. The van der Waals surface area contributed by atoms with Crippen molar-refractivity contribution in [1.29, 1.82) is 0 Å². The van der Waals surface area contributed by atoms with E-state index in [4.69, 9.17) is 9.47 Å². The Kier molecular flexibility index (Phi) is 4.20. The van der Waals surface area contributed by atoms with Crippen LogP contribution < -0.4 is 5.32 Å². The van der Waals surface area contributed by atoms with Crippen LogP contribution in [-0.2, 0) is 23.9 Å². The van der Waals surface area contributed by atoms with E-state index in [0.717, 1.165) is 11.1 Å². The van der Waals surface area contributed by atoms with E-state index in [1.807, 2.05) is 31.2 Å². The van der Waals surface area contributed by atoms with Gasteiger partial charge in [0.1, 0.15) is 35.4 Å². The Balaban J connectivity index is 1.44. The highest BCUT2D eigenvalue weighted by molar-refractivity contribution is 8.01. The lowest BCUT2D eigenvalue weighted by atomic mass is 9.88. The number of thioether (sulfide) groups is 1. The van der Waals surface area contributed by atoms with Crippen molar-refractivity contribution in [2.75, 3.05) is 6.61 Å². The summed E-state index contributed by atoms with van der Waals surface area (Å²) in [5.41, 5.74) is 2.05. The first kappa shape index (κ1) is 19.4. The van der Waals surface area contributed by atoms with Gasteiger partial charge in [-0.25, -0.2) is 4.79 Å². The number of nitrogens with zero attached hydrogens (tertiary/aromatic N) is 1. The number of amides is 2. The van der Waals surface area contributed by atoms with Gasteiger partial charge in [-0.1, -0.05) is 24.3 Å². The van der Waals surface area contributed by atoms with Crippen molar-refractivity contribution in [1.82, 2.24) is 10.2 Å². The monoisotopic (exact) mass is 430 g/mol. The lowest BCUT2D eigenvalue weighted by Crippen LogP contribution is -2.70. The van der Waals surface area contributed by atoms with Gasteiger partial charge in [-0.05, 0) is 31.9 Å². The predicted molar refractivity (Wildman–Crippen MR) is 108 cm³/mol. The number of benzene rings is 1. The molecule has 0 bridgehead atoms. The molecule has 4 aliphatic rings. The maximum absolute atomic E-state index is 13.3. The third-order valence-electron chi connectivity index (χ3n) is 6.02. The number of hydrogen-bond donors (Lipinski definition) is 2. The second kappa shape index (κ2) is 6.49. The van der Waals surface area contributed by atoms with Crippen LogP contribution >= 0.6 is 11.8 Å². The van der Waals surface area contributed by atoms with Crippen LogP contribution in [0.1, 0.15) is 38.0 Å². The Morgan fingerprint density at radius 2 is 2.03 bits per heavy atom. The minimum absolute atomic E-state index is 0.109. The van der Waals surface area contributed by atoms with Gasteiger partial charge >= 0.3 is 5.97 Å². The molecule has 3 heterocycles.